The molecule has 1 aliphatic heterocycles. The van der Waals surface area contributed by atoms with Crippen molar-refractivity contribution in [2.75, 3.05) is 10.6 Å². The molecule has 5 heteroatoms. The maximum Gasteiger partial charge on any atom is 0.255 e. The molecule has 1 heterocycles. The number of aryl methyl sites for hydroxylation is 1. The molecule has 0 bridgehead atoms. The average Bonchev–Trinajstić information content (AvgIpc) is 3.07. The van der Waals surface area contributed by atoms with Crippen LogP contribution in [0.25, 0.3) is 0 Å². The maximum atomic E-state index is 12.5. The van der Waals surface area contributed by atoms with Gasteiger partial charge in [0, 0.05) is 29.0 Å². The van der Waals surface area contributed by atoms with Gasteiger partial charge in [0.05, 0.1) is 11.3 Å². The smallest absolute Gasteiger partial charge is 0.255 e. The van der Waals surface area contributed by atoms with Crippen molar-refractivity contribution in [3.05, 3.63) is 89.0 Å². The van der Waals surface area contributed by atoms with Crippen molar-refractivity contribution in [3.8, 4) is 0 Å². The van der Waals surface area contributed by atoms with E-state index in [9.17, 15) is 9.59 Å². The minimum Gasteiger partial charge on any atom is -0.355 e. The number of hydrogen-bond donors (Lipinski definition) is 3. The molecule has 3 aromatic carbocycles. The summed E-state index contributed by atoms with van der Waals surface area (Å²) in [6, 6.07) is 20.6. The molecule has 4 rings (SSSR count). The van der Waals surface area contributed by atoms with Crippen LogP contribution in [-0.4, -0.2) is 11.8 Å². The van der Waals surface area contributed by atoms with Crippen LogP contribution in [0.3, 0.4) is 0 Å². The first kappa shape index (κ1) is 16.8. The van der Waals surface area contributed by atoms with Crippen LogP contribution in [0, 0.1) is 6.92 Å². The van der Waals surface area contributed by atoms with Gasteiger partial charge in [-0.1, -0.05) is 30.3 Å². The quantitative estimate of drug-likeness (QED) is 0.654. The van der Waals surface area contributed by atoms with Gasteiger partial charge in [0.15, 0.2) is 0 Å². The van der Waals surface area contributed by atoms with E-state index in [1.54, 1.807) is 30.3 Å². The summed E-state index contributed by atoms with van der Waals surface area (Å²) >= 11 is 0. The summed E-state index contributed by atoms with van der Waals surface area (Å²) in [5.41, 5.74) is 5.39. The van der Waals surface area contributed by atoms with Crippen molar-refractivity contribution in [1.82, 2.24) is 5.32 Å². The third-order valence-corrected chi connectivity index (χ3v) is 4.55. The highest BCUT2D eigenvalue weighted by atomic mass is 16.2. The second-order valence-electron chi connectivity index (χ2n) is 6.51. The Morgan fingerprint density at radius 1 is 0.963 bits per heavy atom. The van der Waals surface area contributed by atoms with Gasteiger partial charge < -0.3 is 16.0 Å². The van der Waals surface area contributed by atoms with E-state index in [4.69, 9.17) is 0 Å². The Kier molecular flexibility index (Phi) is 4.34. The molecule has 0 atom stereocenters. The maximum absolute atomic E-state index is 12.5. The first-order valence-corrected chi connectivity index (χ1v) is 8.76. The summed E-state index contributed by atoms with van der Waals surface area (Å²) < 4.78 is 0. The van der Waals surface area contributed by atoms with Gasteiger partial charge in [-0.2, -0.15) is 0 Å². The Bertz CT molecular complexity index is 1030. The largest absolute Gasteiger partial charge is 0.355 e. The van der Waals surface area contributed by atoms with Crippen LogP contribution in [0.15, 0.2) is 66.7 Å². The zero-order valence-corrected chi connectivity index (χ0v) is 14.9. The predicted molar refractivity (Wildman–Crippen MR) is 106 cm³/mol. The van der Waals surface area contributed by atoms with Gasteiger partial charge in [0.1, 0.15) is 0 Å². The molecule has 134 valence electrons. The molecular weight excluding hydrogens is 338 g/mol. The monoisotopic (exact) mass is 357 g/mol. The highest BCUT2D eigenvalue weighted by Crippen LogP contribution is 2.33. The Morgan fingerprint density at radius 3 is 2.52 bits per heavy atom. The van der Waals surface area contributed by atoms with E-state index >= 15 is 0 Å². The summed E-state index contributed by atoms with van der Waals surface area (Å²) in [4.78, 5) is 24.8. The van der Waals surface area contributed by atoms with Crippen LogP contribution in [-0.2, 0) is 6.54 Å². The molecule has 0 spiro atoms. The van der Waals surface area contributed by atoms with Crippen LogP contribution in [0.1, 0.15) is 31.8 Å². The molecule has 0 fully saturated rings. The first-order valence-electron chi connectivity index (χ1n) is 8.76. The van der Waals surface area contributed by atoms with Crippen LogP contribution in [0.4, 0.5) is 17.1 Å². The van der Waals surface area contributed by atoms with E-state index in [1.807, 2.05) is 43.3 Å². The second-order valence-corrected chi connectivity index (χ2v) is 6.51. The lowest BCUT2D eigenvalue weighted by molar-refractivity contribution is 0.0966. The summed E-state index contributed by atoms with van der Waals surface area (Å²) in [6.45, 7) is 2.46. The molecule has 0 aromatic heterocycles. The Morgan fingerprint density at radius 2 is 1.74 bits per heavy atom. The van der Waals surface area contributed by atoms with E-state index in [-0.39, 0.29) is 11.8 Å². The number of fused-ring (bicyclic) bond motifs is 1. The fourth-order valence-electron chi connectivity index (χ4n) is 3.23. The normalized spacial score (nSPS) is 12.3. The summed E-state index contributed by atoms with van der Waals surface area (Å²) in [5, 5.41) is 9.08. The van der Waals surface area contributed by atoms with Gasteiger partial charge in [0.25, 0.3) is 11.8 Å². The number of hydrogen-bond acceptors (Lipinski definition) is 3. The number of nitrogens with one attached hydrogen (secondary N) is 3. The molecule has 5 nitrogen and oxygen atoms in total. The number of carbonyl (C=O) groups is 2. The number of benzene rings is 3. The van der Waals surface area contributed by atoms with Crippen LogP contribution in [0.5, 0.6) is 0 Å². The van der Waals surface area contributed by atoms with Crippen LogP contribution in [0.2, 0.25) is 0 Å². The zero-order valence-electron chi connectivity index (χ0n) is 14.9. The summed E-state index contributed by atoms with van der Waals surface area (Å²) in [5.74, 6) is -0.418. The van der Waals surface area contributed by atoms with Gasteiger partial charge in [-0.05, 0) is 48.9 Å². The van der Waals surface area contributed by atoms with Gasteiger partial charge in [-0.25, -0.2) is 0 Å². The van der Waals surface area contributed by atoms with Crippen molar-refractivity contribution >= 4 is 28.9 Å². The van der Waals surface area contributed by atoms with E-state index in [0.29, 0.717) is 23.4 Å². The molecule has 3 aromatic rings. The van der Waals surface area contributed by atoms with Crippen molar-refractivity contribution in [2.24, 2.45) is 0 Å². The average molecular weight is 357 g/mol. The Hall–Kier alpha value is -3.60. The molecule has 3 N–H and O–H groups in total. The van der Waals surface area contributed by atoms with Crippen molar-refractivity contribution in [3.63, 3.8) is 0 Å². The number of carbonyl (C=O) groups excluding carboxylic acids is 2. The van der Waals surface area contributed by atoms with Gasteiger partial charge in [-0.3, -0.25) is 9.59 Å². The molecule has 0 saturated carbocycles. The van der Waals surface area contributed by atoms with Crippen LogP contribution >= 0.6 is 0 Å². The minimum absolute atomic E-state index is 0.179. The molecule has 27 heavy (non-hydrogen) atoms. The van der Waals surface area contributed by atoms with Crippen LogP contribution < -0.4 is 16.0 Å². The van der Waals surface area contributed by atoms with Gasteiger partial charge in [-0.15, -0.1) is 0 Å². The molecule has 0 aliphatic carbocycles. The van der Waals surface area contributed by atoms with E-state index in [0.717, 1.165) is 22.5 Å². The number of anilines is 3. The standard InChI is InChI=1S/C22H19N3O2/c1-14-6-5-9-16(12-14)24-18-10-11-19(20-17(18)13-23-22(20)27)25-21(26)15-7-3-2-4-8-15/h2-12,24H,13H2,1H3,(H,23,27)(H,25,26). The molecule has 0 unspecified atom stereocenters. The van der Waals surface area contributed by atoms with Crippen molar-refractivity contribution in [2.45, 2.75) is 13.5 Å². The molecule has 0 radical (unpaired) electrons. The van der Waals surface area contributed by atoms with Crippen molar-refractivity contribution < 1.29 is 9.59 Å². The number of amides is 2. The summed E-state index contributed by atoms with van der Waals surface area (Å²) in [7, 11) is 0. The highest BCUT2D eigenvalue weighted by molar-refractivity contribution is 6.11. The lowest BCUT2D eigenvalue weighted by Gasteiger charge is -2.14. The molecule has 2 amide bonds. The predicted octanol–water partition coefficient (Wildman–Crippen LogP) is 4.23. The van der Waals surface area contributed by atoms with E-state index in [2.05, 4.69) is 16.0 Å². The fourth-order valence-corrected chi connectivity index (χ4v) is 3.23. The van der Waals surface area contributed by atoms with Gasteiger partial charge >= 0.3 is 0 Å². The first-order chi connectivity index (χ1) is 13.1. The Labute approximate surface area is 157 Å². The SMILES string of the molecule is Cc1cccc(Nc2ccc(NC(=O)c3ccccc3)c3c2CNC3=O)c1. The lowest BCUT2D eigenvalue weighted by Crippen LogP contribution is -2.17. The third-order valence-electron chi connectivity index (χ3n) is 4.55. The third kappa shape index (κ3) is 3.40. The van der Waals surface area contributed by atoms with E-state index in [1.165, 1.54) is 0 Å². The van der Waals surface area contributed by atoms with Crippen molar-refractivity contribution in [1.29, 1.82) is 0 Å². The highest BCUT2D eigenvalue weighted by Gasteiger charge is 2.26. The summed E-state index contributed by atoms with van der Waals surface area (Å²) in [6.07, 6.45) is 0. The molecular formula is C22H19N3O2. The van der Waals surface area contributed by atoms with Gasteiger partial charge in [0.2, 0.25) is 0 Å². The minimum atomic E-state index is -0.239. The fraction of sp³-hybridized carbons (Fsp3) is 0.0909. The molecule has 1 aliphatic rings. The number of rotatable bonds is 4. The van der Waals surface area contributed by atoms with E-state index < -0.39 is 0 Å². The second kappa shape index (κ2) is 6.96. The Balaban J connectivity index is 1.66. The zero-order chi connectivity index (χ0) is 18.8. The lowest BCUT2D eigenvalue weighted by atomic mass is 10.0. The topological polar surface area (TPSA) is 70.2 Å². The molecule has 0 saturated heterocycles.